The van der Waals surface area contributed by atoms with E-state index in [0.717, 1.165) is 0 Å². The van der Waals surface area contributed by atoms with Gasteiger partial charge in [0.2, 0.25) is 0 Å². The van der Waals surface area contributed by atoms with Gasteiger partial charge in [-0.15, -0.1) is 0 Å². The fourth-order valence-electron chi connectivity index (χ4n) is 5.44. The lowest BCUT2D eigenvalue weighted by molar-refractivity contribution is -0.704. The highest BCUT2D eigenvalue weighted by atomic mass is 15.1. The molecule has 206 valence electrons. The minimum Gasteiger partial charge on any atom is -0.234 e. The maximum absolute atomic E-state index is 2.60. The van der Waals surface area contributed by atoms with Gasteiger partial charge in [-0.05, 0) is 32.1 Å². The molecule has 0 spiro atoms. The van der Waals surface area contributed by atoms with Gasteiger partial charge >= 0.3 is 0 Å². The second-order valence-corrected chi connectivity index (χ2v) is 11.3. The number of imidazole rings is 1. The van der Waals surface area contributed by atoms with Crippen LogP contribution in [0.15, 0.2) is 12.4 Å². The van der Waals surface area contributed by atoms with Gasteiger partial charge in [-0.2, -0.15) is 0 Å². The Morgan fingerprint density at radius 1 is 0.486 bits per heavy atom. The van der Waals surface area contributed by atoms with E-state index in [9.17, 15) is 0 Å². The summed E-state index contributed by atoms with van der Waals surface area (Å²) in [6.07, 6.45) is 40.0. The number of aryl methyl sites for hydroxylation is 2. The number of hydrogen-bond acceptors (Lipinski definition) is 0. The van der Waals surface area contributed by atoms with Crippen molar-refractivity contribution in [1.29, 1.82) is 0 Å². The van der Waals surface area contributed by atoms with Crippen LogP contribution in [0.3, 0.4) is 0 Å². The fourth-order valence-corrected chi connectivity index (χ4v) is 5.44. The molecular formula is C33H65N2+. The third kappa shape index (κ3) is 18.2. The van der Waals surface area contributed by atoms with Gasteiger partial charge in [-0.25, -0.2) is 9.13 Å². The van der Waals surface area contributed by atoms with Gasteiger partial charge in [0.15, 0.2) is 0 Å². The van der Waals surface area contributed by atoms with E-state index in [0.29, 0.717) is 0 Å². The van der Waals surface area contributed by atoms with Crippen LogP contribution in [0.2, 0.25) is 0 Å². The molecule has 0 bridgehead atoms. The van der Waals surface area contributed by atoms with Gasteiger partial charge in [-0.3, -0.25) is 0 Å². The standard InChI is InChI=1S/C33H65N2/c1-4-7-10-12-14-16-17-18-20-22-24-27-30-35-32-31-34(29-26-9-6-3)33(35)28-25-23-21-19-15-13-11-8-5-2/h31-32H,4-30H2,1-3H3/q+1. The summed E-state index contributed by atoms with van der Waals surface area (Å²) in [6.45, 7) is 9.37. The topological polar surface area (TPSA) is 8.81 Å². The summed E-state index contributed by atoms with van der Waals surface area (Å²) in [6, 6.07) is 0. The summed E-state index contributed by atoms with van der Waals surface area (Å²) >= 11 is 0. The van der Waals surface area contributed by atoms with Crippen molar-refractivity contribution in [3.63, 3.8) is 0 Å². The van der Waals surface area contributed by atoms with Crippen LogP contribution in [0.5, 0.6) is 0 Å². The van der Waals surface area contributed by atoms with Crippen LogP contribution in [0.4, 0.5) is 0 Å². The molecule has 35 heavy (non-hydrogen) atoms. The minimum absolute atomic E-state index is 1.21. The minimum atomic E-state index is 1.21. The van der Waals surface area contributed by atoms with Crippen molar-refractivity contribution < 1.29 is 4.57 Å². The third-order valence-electron chi connectivity index (χ3n) is 7.85. The number of unbranched alkanes of at least 4 members (excludes halogenated alkanes) is 21. The van der Waals surface area contributed by atoms with E-state index in [1.54, 1.807) is 5.82 Å². The molecule has 0 fully saturated rings. The van der Waals surface area contributed by atoms with Gasteiger partial charge in [0.05, 0.1) is 13.1 Å². The summed E-state index contributed by atoms with van der Waals surface area (Å²) in [5, 5.41) is 0. The monoisotopic (exact) mass is 490 g/mol. The molecule has 1 heterocycles. The maximum atomic E-state index is 2.60. The fraction of sp³-hybridized carbons (Fsp3) is 0.909. The summed E-state index contributed by atoms with van der Waals surface area (Å²) in [4.78, 5) is 0. The van der Waals surface area contributed by atoms with Crippen molar-refractivity contribution in [1.82, 2.24) is 4.57 Å². The zero-order valence-electron chi connectivity index (χ0n) is 24.6. The quantitative estimate of drug-likeness (QED) is 0.0858. The SMILES string of the molecule is CCCCCCCCCCCCCCn1cc[n+](CCCCC)c1CCCCCCCCCCC. The van der Waals surface area contributed by atoms with Gasteiger partial charge in [0.1, 0.15) is 12.4 Å². The highest BCUT2D eigenvalue weighted by molar-refractivity contribution is 4.84. The largest absolute Gasteiger partial charge is 0.256 e. The van der Waals surface area contributed by atoms with Crippen molar-refractivity contribution in [3.8, 4) is 0 Å². The van der Waals surface area contributed by atoms with Crippen LogP contribution < -0.4 is 4.57 Å². The molecule has 0 aliphatic rings. The number of rotatable bonds is 27. The summed E-state index contributed by atoms with van der Waals surface area (Å²) in [5.74, 6) is 1.60. The maximum Gasteiger partial charge on any atom is 0.256 e. The highest BCUT2D eigenvalue weighted by Gasteiger charge is 2.16. The first-order valence-electron chi connectivity index (χ1n) is 16.4. The molecule has 0 aliphatic carbocycles. The average Bonchev–Trinajstić information content (AvgIpc) is 3.25. The Hall–Kier alpha value is -0.790. The Balaban J connectivity index is 2.22. The van der Waals surface area contributed by atoms with Crippen LogP contribution in [-0.2, 0) is 19.5 Å². The lowest BCUT2D eigenvalue weighted by Gasteiger charge is -2.07. The summed E-state index contributed by atoms with van der Waals surface area (Å²) in [7, 11) is 0. The van der Waals surface area contributed by atoms with Crippen molar-refractivity contribution in [2.24, 2.45) is 0 Å². The molecule has 1 aromatic rings. The molecule has 1 rings (SSSR count). The predicted molar refractivity (Wildman–Crippen MR) is 156 cm³/mol. The summed E-state index contributed by atoms with van der Waals surface area (Å²) in [5.41, 5.74) is 0. The average molecular weight is 490 g/mol. The zero-order chi connectivity index (χ0) is 25.2. The molecule has 0 saturated heterocycles. The molecule has 0 N–H and O–H groups in total. The Morgan fingerprint density at radius 3 is 1.37 bits per heavy atom. The molecule has 2 heteroatoms. The third-order valence-corrected chi connectivity index (χ3v) is 7.85. The Kier molecular flexibility index (Phi) is 22.9. The van der Waals surface area contributed by atoms with E-state index in [4.69, 9.17) is 0 Å². The van der Waals surface area contributed by atoms with Crippen molar-refractivity contribution >= 4 is 0 Å². The van der Waals surface area contributed by atoms with E-state index in [-0.39, 0.29) is 0 Å². The molecule has 2 nitrogen and oxygen atoms in total. The summed E-state index contributed by atoms with van der Waals surface area (Å²) < 4.78 is 5.19. The molecule has 0 amide bonds. The second kappa shape index (κ2) is 24.9. The molecule has 0 aliphatic heterocycles. The van der Waals surface area contributed by atoms with Crippen molar-refractivity contribution in [3.05, 3.63) is 18.2 Å². The number of nitrogens with zero attached hydrogens (tertiary/aromatic N) is 2. The van der Waals surface area contributed by atoms with E-state index in [1.807, 2.05) is 0 Å². The van der Waals surface area contributed by atoms with Crippen molar-refractivity contribution in [2.75, 3.05) is 0 Å². The van der Waals surface area contributed by atoms with Crippen molar-refractivity contribution in [2.45, 2.75) is 194 Å². The van der Waals surface area contributed by atoms with Crippen LogP contribution in [0.25, 0.3) is 0 Å². The van der Waals surface area contributed by atoms with Gasteiger partial charge in [-0.1, -0.05) is 143 Å². The molecule has 1 aromatic heterocycles. The van der Waals surface area contributed by atoms with E-state index in [1.165, 1.54) is 174 Å². The molecule has 0 aromatic carbocycles. The Bertz CT molecular complexity index is 547. The number of hydrogen-bond donors (Lipinski definition) is 0. The zero-order valence-corrected chi connectivity index (χ0v) is 24.6. The predicted octanol–water partition coefficient (Wildman–Crippen LogP) is 10.7. The van der Waals surface area contributed by atoms with E-state index >= 15 is 0 Å². The van der Waals surface area contributed by atoms with Crippen LogP contribution in [0.1, 0.15) is 181 Å². The smallest absolute Gasteiger partial charge is 0.234 e. The molecular weight excluding hydrogens is 424 g/mol. The normalized spacial score (nSPS) is 11.5. The highest BCUT2D eigenvalue weighted by Crippen LogP contribution is 2.14. The number of aromatic nitrogens is 2. The van der Waals surface area contributed by atoms with Gasteiger partial charge in [0, 0.05) is 6.42 Å². The van der Waals surface area contributed by atoms with Crippen LogP contribution in [0, 0.1) is 0 Å². The van der Waals surface area contributed by atoms with Crippen LogP contribution >= 0.6 is 0 Å². The Morgan fingerprint density at radius 2 is 0.886 bits per heavy atom. The van der Waals surface area contributed by atoms with E-state index < -0.39 is 0 Å². The first-order valence-corrected chi connectivity index (χ1v) is 16.4. The lowest BCUT2D eigenvalue weighted by Crippen LogP contribution is -2.37. The molecule has 0 saturated carbocycles. The first kappa shape index (κ1) is 32.2. The van der Waals surface area contributed by atoms with Crippen LogP contribution in [-0.4, -0.2) is 4.57 Å². The second-order valence-electron chi connectivity index (χ2n) is 11.3. The lowest BCUT2D eigenvalue weighted by atomic mass is 10.1. The molecule has 0 atom stereocenters. The first-order chi connectivity index (χ1) is 17.3. The van der Waals surface area contributed by atoms with Gasteiger partial charge in [0.25, 0.3) is 5.82 Å². The molecule has 0 unspecified atom stereocenters. The Labute approximate surface area is 221 Å². The van der Waals surface area contributed by atoms with E-state index in [2.05, 4.69) is 42.3 Å². The molecule has 0 radical (unpaired) electrons. The van der Waals surface area contributed by atoms with Gasteiger partial charge < -0.3 is 0 Å².